The van der Waals surface area contributed by atoms with E-state index in [2.05, 4.69) is 16.0 Å². The molecule has 0 unspecified atom stereocenters. The van der Waals surface area contributed by atoms with E-state index in [1.165, 1.54) is 0 Å². The highest BCUT2D eigenvalue weighted by Crippen LogP contribution is 2.24. The molecular weight excluding hydrogens is 375 g/mol. The van der Waals surface area contributed by atoms with Gasteiger partial charge in [0.05, 0.1) is 25.9 Å². The smallest absolute Gasteiger partial charge is 0.243 e. The van der Waals surface area contributed by atoms with Gasteiger partial charge in [0.2, 0.25) is 11.8 Å². The van der Waals surface area contributed by atoms with Crippen LogP contribution in [-0.2, 0) is 9.59 Å². The molecule has 0 aliphatic heterocycles. The molecule has 0 spiro atoms. The van der Waals surface area contributed by atoms with Gasteiger partial charge in [-0.3, -0.25) is 9.59 Å². The van der Waals surface area contributed by atoms with Crippen molar-refractivity contribution in [3.63, 3.8) is 0 Å². The van der Waals surface area contributed by atoms with Crippen LogP contribution in [0.15, 0.2) is 36.4 Å². The lowest BCUT2D eigenvalue weighted by Gasteiger charge is -2.17. The van der Waals surface area contributed by atoms with Crippen LogP contribution in [0, 0.1) is 17.5 Å². The van der Waals surface area contributed by atoms with Gasteiger partial charge in [0, 0.05) is 11.6 Å². The van der Waals surface area contributed by atoms with Crippen LogP contribution in [-0.4, -0.2) is 32.0 Å². The largest absolute Gasteiger partial charge is 0.496 e. The van der Waals surface area contributed by atoms with Crippen molar-refractivity contribution >= 4 is 17.5 Å². The fourth-order valence-electron chi connectivity index (χ4n) is 2.44. The first kappa shape index (κ1) is 21.2. The first-order chi connectivity index (χ1) is 13.3. The van der Waals surface area contributed by atoms with E-state index in [9.17, 15) is 22.8 Å². The lowest BCUT2D eigenvalue weighted by molar-refractivity contribution is -0.123. The van der Waals surface area contributed by atoms with E-state index in [-0.39, 0.29) is 12.6 Å². The Labute approximate surface area is 160 Å². The molecule has 2 aromatic carbocycles. The average Bonchev–Trinajstić information content (AvgIpc) is 2.70. The number of rotatable bonds is 8. The molecule has 0 heterocycles. The molecular formula is C19H20F3N3O3. The highest BCUT2D eigenvalue weighted by Gasteiger charge is 2.16. The van der Waals surface area contributed by atoms with Crippen LogP contribution < -0.4 is 20.7 Å². The monoisotopic (exact) mass is 395 g/mol. The minimum absolute atomic E-state index is 0.0773. The molecule has 2 aromatic rings. The summed E-state index contributed by atoms with van der Waals surface area (Å²) in [5.41, 5.74) is 0.352. The van der Waals surface area contributed by atoms with Crippen LogP contribution in [0.4, 0.5) is 18.9 Å². The van der Waals surface area contributed by atoms with E-state index in [0.29, 0.717) is 11.8 Å². The molecule has 150 valence electrons. The van der Waals surface area contributed by atoms with Crippen molar-refractivity contribution in [1.82, 2.24) is 10.6 Å². The maximum absolute atomic E-state index is 13.5. The summed E-state index contributed by atoms with van der Waals surface area (Å²) in [4.78, 5) is 23.7. The quantitative estimate of drug-likeness (QED) is 0.600. The Balaban J connectivity index is 1.81. The standard InChI is InChI=1S/C19H20F3N3O3/c1-11(12-5-3-4-6-15(12)28-2)23-9-16(26)24-10-17(27)25-14-8-7-13(20)18(21)19(14)22/h3-8,11,23H,9-10H2,1-2H3,(H,24,26)(H,25,27)/t11-/m0/s1. The number of carbonyl (C=O) groups is 2. The van der Waals surface area contributed by atoms with Crippen LogP contribution >= 0.6 is 0 Å². The molecule has 3 N–H and O–H groups in total. The van der Waals surface area contributed by atoms with Crippen molar-refractivity contribution < 1.29 is 27.5 Å². The first-order valence-corrected chi connectivity index (χ1v) is 8.39. The molecule has 0 radical (unpaired) electrons. The van der Waals surface area contributed by atoms with E-state index in [4.69, 9.17) is 4.74 Å². The molecule has 2 rings (SSSR count). The topological polar surface area (TPSA) is 79.5 Å². The van der Waals surface area contributed by atoms with Gasteiger partial charge >= 0.3 is 0 Å². The molecule has 6 nitrogen and oxygen atoms in total. The molecule has 2 amide bonds. The van der Waals surface area contributed by atoms with Crippen molar-refractivity contribution in [2.45, 2.75) is 13.0 Å². The second-order valence-electron chi connectivity index (χ2n) is 5.89. The Morgan fingerprint density at radius 1 is 1.00 bits per heavy atom. The number of ether oxygens (including phenoxy) is 1. The zero-order chi connectivity index (χ0) is 20.7. The minimum atomic E-state index is -1.68. The molecule has 1 atom stereocenters. The third-order valence-corrected chi connectivity index (χ3v) is 3.93. The highest BCUT2D eigenvalue weighted by molar-refractivity contribution is 5.94. The predicted octanol–water partition coefficient (Wildman–Crippen LogP) is 2.52. The van der Waals surface area contributed by atoms with E-state index < -0.39 is 41.5 Å². The van der Waals surface area contributed by atoms with Crippen molar-refractivity contribution in [3.05, 3.63) is 59.4 Å². The van der Waals surface area contributed by atoms with Crippen molar-refractivity contribution in [2.75, 3.05) is 25.5 Å². The summed E-state index contributed by atoms with van der Waals surface area (Å²) < 4.78 is 44.8. The van der Waals surface area contributed by atoms with E-state index in [1.54, 1.807) is 13.2 Å². The molecule has 0 fully saturated rings. The number of halogens is 3. The zero-order valence-corrected chi connectivity index (χ0v) is 15.3. The van der Waals surface area contributed by atoms with Crippen molar-refractivity contribution in [1.29, 1.82) is 0 Å². The van der Waals surface area contributed by atoms with E-state index in [1.807, 2.05) is 25.1 Å². The summed E-state index contributed by atoms with van der Waals surface area (Å²) in [6.45, 7) is 1.32. The van der Waals surface area contributed by atoms with Crippen LogP contribution in [0.5, 0.6) is 5.75 Å². The number of carbonyl (C=O) groups excluding carboxylic acids is 2. The molecule has 0 aromatic heterocycles. The summed E-state index contributed by atoms with van der Waals surface area (Å²) in [5.74, 6) is -5.13. The molecule has 28 heavy (non-hydrogen) atoms. The number of hydrogen-bond donors (Lipinski definition) is 3. The van der Waals surface area contributed by atoms with Crippen LogP contribution in [0.25, 0.3) is 0 Å². The number of benzene rings is 2. The Kier molecular flexibility index (Phi) is 7.39. The maximum atomic E-state index is 13.5. The number of anilines is 1. The molecule has 9 heteroatoms. The van der Waals surface area contributed by atoms with Gasteiger partial charge in [-0.15, -0.1) is 0 Å². The van der Waals surface area contributed by atoms with Gasteiger partial charge < -0.3 is 20.7 Å². The van der Waals surface area contributed by atoms with Gasteiger partial charge in [0.25, 0.3) is 0 Å². The predicted molar refractivity (Wildman–Crippen MR) is 97.4 cm³/mol. The van der Waals surface area contributed by atoms with Gasteiger partial charge in [-0.1, -0.05) is 18.2 Å². The fourth-order valence-corrected chi connectivity index (χ4v) is 2.44. The second-order valence-corrected chi connectivity index (χ2v) is 5.89. The van der Waals surface area contributed by atoms with Crippen molar-refractivity contribution in [3.8, 4) is 5.75 Å². The third kappa shape index (κ3) is 5.46. The lowest BCUT2D eigenvalue weighted by atomic mass is 10.1. The summed E-state index contributed by atoms with van der Waals surface area (Å²) in [6, 6.07) is 8.73. The Bertz CT molecular complexity index is 862. The number of amides is 2. The highest BCUT2D eigenvalue weighted by atomic mass is 19.2. The van der Waals surface area contributed by atoms with Gasteiger partial charge in [0.15, 0.2) is 17.5 Å². The molecule has 0 bridgehead atoms. The van der Waals surface area contributed by atoms with E-state index in [0.717, 1.165) is 11.6 Å². The molecule has 0 aliphatic carbocycles. The van der Waals surface area contributed by atoms with Crippen LogP contribution in [0.2, 0.25) is 0 Å². The summed E-state index contributed by atoms with van der Waals surface area (Å²) in [7, 11) is 1.55. The average molecular weight is 395 g/mol. The van der Waals surface area contributed by atoms with Gasteiger partial charge in [-0.2, -0.15) is 0 Å². The lowest BCUT2D eigenvalue weighted by Crippen LogP contribution is -2.39. The molecule has 0 saturated carbocycles. The molecule has 0 saturated heterocycles. The first-order valence-electron chi connectivity index (χ1n) is 8.39. The third-order valence-electron chi connectivity index (χ3n) is 3.93. The number of para-hydroxylation sites is 1. The number of hydrogen-bond acceptors (Lipinski definition) is 4. The Hall–Kier alpha value is -3.07. The molecule has 0 aliphatic rings. The zero-order valence-electron chi connectivity index (χ0n) is 15.3. The second kappa shape index (κ2) is 9.75. The van der Waals surface area contributed by atoms with Gasteiger partial charge in [0.1, 0.15) is 5.75 Å². The van der Waals surface area contributed by atoms with Crippen LogP contribution in [0.3, 0.4) is 0 Å². The summed E-state index contributed by atoms with van der Waals surface area (Å²) in [6.07, 6.45) is 0. The van der Waals surface area contributed by atoms with E-state index >= 15 is 0 Å². The normalized spacial score (nSPS) is 11.6. The number of nitrogens with one attached hydrogen (secondary N) is 3. The Morgan fingerprint density at radius 3 is 2.43 bits per heavy atom. The van der Waals surface area contributed by atoms with Gasteiger partial charge in [-0.25, -0.2) is 13.2 Å². The summed E-state index contributed by atoms with van der Waals surface area (Å²) >= 11 is 0. The summed E-state index contributed by atoms with van der Waals surface area (Å²) in [5, 5.41) is 7.41. The maximum Gasteiger partial charge on any atom is 0.243 e. The van der Waals surface area contributed by atoms with Crippen molar-refractivity contribution in [2.24, 2.45) is 0 Å². The Morgan fingerprint density at radius 2 is 1.71 bits per heavy atom. The number of methoxy groups -OCH3 is 1. The van der Waals surface area contributed by atoms with Gasteiger partial charge in [-0.05, 0) is 25.1 Å². The minimum Gasteiger partial charge on any atom is -0.496 e. The fraction of sp³-hybridized carbons (Fsp3) is 0.263. The SMILES string of the molecule is COc1ccccc1[C@H](C)NCC(=O)NCC(=O)Nc1ccc(F)c(F)c1F. The van der Waals surface area contributed by atoms with Crippen LogP contribution in [0.1, 0.15) is 18.5 Å².